The second kappa shape index (κ2) is 3.58. The van der Waals surface area contributed by atoms with Gasteiger partial charge in [0, 0.05) is 4.47 Å². The number of rotatable bonds is 1. The maximum absolute atomic E-state index is 3.56. The van der Waals surface area contributed by atoms with E-state index < -0.39 is 8.07 Å². The smallest absolute Gasteiger partial charge is 0.0656 e. The largest absolute Gasteiger partial charge is 0.0779 e. The summed E-state index contributed by atoms with van der Waals surface area (Å²) in [6, 6.07) is 4.58. The fraction of sp³-hybridized carbons (Fsp3) is 0.455. The van der Waals surface area contributed by atoms with Crippen LogP contribution in [0.2, 0.25) is 19.6 Å². The molecule has 0 spiro atoms. The molecule has 2 heteroatoms. The first kappa shape index (κ1) is 11.0. The molecule has 0 N–H and O–H groups in total. The van der Waals surface area contributed by atoms with Crippen LogP contribution in [0.4, 0.5) is 0 Å². The zero-order valence-electron chi connectivity index (χ0n) is 9.03. The molecule has 0 aliphatic heterocycles. The third kappa shape index (κ3) is 2.44. The van der Waals surface area contributed by atoms with Crippen LogP contribution in [-0.2, 0) is 0 Å². The Hall–Kier alpha value is -0.0831. The van der Waals surface area contributed by atoms with E-state index in [0.717, 1.165) is 0 Å². The average Bonchev–Trinajstić information content (AvgIpc) is 1.94. The molecule has 0 aliphatic carbocycles. The van der Waals surface area contributed by atoms with Crippen molar-refractivity contribution in [1.82, 2.24) is 0 Å². The number of benzene rings is 1. The Morgan fingerprint density at radius 1 is 1.00 bits per heavy atom. The molecule has 1 aromatic carbocycles. The van der Waals surface area contributed by atoms with Crippen LogP contribution < -0.4 is 5.19 Å². The molecular weight excluding hydrogens is 240 g/mol. The normalized spacial score (nSPS) is 11.8. The van der Waals surface area contributed by atoms with Gasteiger partial charge < -0.3 is 0 Å². The van der Waals surface area contributed by atoms with Gasteiger partial charge >= 0.3 is 0 Å². The van der Waals surface area contributed by atoms with Gasteiger partial charge in [0.1, 0.15) is 0 Å². The summed E-state index contributed by atoms with van der Waals surface area (Å²) in [6.07, 6.45) is 0. The summed E-state index contributed by atoms with van der Waals surface area (Å²) in [6.45, 7) is 11.5. The standard InChI is InChI=1S/C11H17BrSi/c1-8-7-11(13(3,4)5)9(2)6-10(8)12/h6-7H,1-5H3. The first-order valence-corrected chi connectivity index (χ1v) is 8.89. The van der Waals surface area contributed by atoms with Gasteiger partial charge in [0.05, 0.1) is 8.07 Å². The molecule has 0 nitrogen and oxygen atoms in total. The maximum Gasteiger partial charge on any atom is 0.0779 e. The molecule has 0 amide bonds. The SMILES string of the molecule is Cc1cc([Si](C)(C)C)c(C)cc1Br. The summed E-state index contributed by atoms with van der Waals surface area (Å²) in [5.74, 6) is 0. The topological polar surface area (TPSA) is 0 Å². The Labute approximate surface area is 90.5 Å². The summed E-state index contributed by atoms with van der Waals surface area (Å²) in [5, 5.41) is 1.58. The highest BCUT2D eigenvalue weighted by Gasteiger charge is 2.19. The lowest BCUT2D eigenvalue weighted by Crippen LogP contribution is -2.39. The highest BCUT2D eigenvalue weighted by molar-refractivity contribution is 9.10. The van der Waals surface area contributed by atoms with Crippen molar-refractivity contribution in [3.8, 4) is 0 Å². The van der Waals surface area contributed by atoms with Crippen molar-refractivity contribution < 1.29 is 0 Å². The van der Waals surface area contributed by atoms with Gasteiger partial charge in [-0.15, -0.1) is 0 Å². The maximum atomic E-state index is 3.56. The lowest BCUT2D eigenvalue weighted by molar-refractivity contribution is 1.38. The molecular formula is C11H17BrSi. The van der Waals surface area contributed by atoms with Crippen LogP contribution in [0.1, 0.15) is 11.1 Å². The van der Waals surface area contributed by atoms with Crippen LogP contribution in [0.3, 0.4) is 0 Å². The minimum Gasteiger partial charge on any atom is -0.0656 e. The molecule has 0 radical (unpaired) electrons. The van der Waals surface area contributed by atoms with Crippen molar-refractivity contribution in [2.24, 2.45) is 0 Å². The van der Waals surface area contributed by atoms with E-state index in [1.54, 1.807) is 5.19 Å². The molecule has 0 atom stereocenters. The molecule has 72 valence electrons. The molecule has 0 aromatic heterocycles. The van der Waals surface area contributed by atoms with Gasteiger partial charge in [-0.3, -0.25) is 0 Å². The molecule has 0 fully saturated rings. The monoisotopic (exact) mass is 256 g/mol. The second-order valence-electron chi connectivity index (χ2n) is 4.67. The first-order valence-electron chi connectivity index (χ1n) is 4.59. The van der Waals surface area contributed by atoms with E-state index in [0.29, 0.717) is 0 Å². The van der Waals surface area contributed by atoms with E-state index in [4.69, 9.17) is 0 Å². The van der Waals surface area contributed by atoms with Crippen LogP contribution >= 0.6 is 15.9 Å². The van der Waals surface area contributed by atoms with Crippen molar-refractivity contribution >= 4 is 29.2 Å². The molecule has 13 heavy (non-hydrogen) atoms. The Morgan fingerprint density at radius 2 is 1.54 bits per heavy atom. The van der Waals surface area contributed by atoms with Gasteiger partial charge in [0.25, 0.3) is 0 Å². The molecule has 0 bridgehead atoms. The van der Waals surface area contributed by atoms with Crippen LogP contribution in [0.5, 0.6) is 0 Å². The van der Waals surface area contributed by atoms with Crippen molar-refractivity contribution in [3.05, 3.63) is 27.7 Å². The van der Waals surface area contributed by atoms with Crippen LogP contribution in [0.25, 0.3) is 0 Å². The zero-order valence-corrected chi connectivity index (χ0v) is 11.6. The van der Waals surface area contributed by atoms with Crippen LogP contribution in [-0.4, -0.2) is 8.07 Å². The van der Waals surface area contributed by atoms with E-state index >= 15 is 0 Å². The predicted molar refractivity (Wildman–Crippen MR) is 66.6 cm³/mol. The van der Waals surface area contributed by atoms with Crippen molar-refractivity contribution in [2.45, 2.75) is 33.5 Å². The van der Waals surface area contributed by atoms with Crippen LogP contribution in [0, 0.1) is 13.8 Å². The van der Waals surface area contributed by atoms with Gasteiger partial charge in [0.2, 0.25) is 0 Å². The summed E-state index contributed by atoms with van der Waals surface area (Å²) in [5.41, 5.74) is 2.78. The average molecular weight is 257 g/mol. The summed E-state index contributed by atoms with van der Waals surface area (Å²) < 4.78 is 1.23. The van der Waals surface area contributed by atoms with Crippen molar-refractivity contribution in [1.29, 1.82) is 0 Å². The number of hydrogen-bond acceptors (Lipinski definition) is 0. The summed E-state index contributed by atoms with van der Waals surface area (Å²) in [4.78, 5) is 0. The van der Waals surface area contributed by atoms with E-state index in [1.165, 1.54) is 15.6 Å². The lowest BCUT2D eigenvalue weighted by Gasteiger charge is -2.20. The van der Waals surface area contributed by atoms with E-state index in [9.17, 15) is 0 Å². The number of aryl methyl sites for hydroxylation is 2. The van der Waals surface area contributed by atoms with Gasteiger partial charge in [-0.1, -0.05) is 52.4 Å². The molecule has 0 unspecified atom stereocenters. The number of halogens is 1. The fourth-order valence-electron chi connectivity index (χ4n) is 1.59. The van der Waals surface area contributed by atoms with Crippen molar-refractivity contribution in [2.75, 3.05) is 0 Å². The highest BCUT2D eigenvalue weighted by Crippen LogP contribution is 2.18. The Kier molecular flexibility index (Phi) is 3.03. The molecule has 1 rings (SSSR count). The van der Waals surface area contributed by atoms with Gasteiger partial charge in [-0.2, -0.15) is 0 Å². The quantitative estimate of drug-likeness (QED) is 0.674. The second-order valence-corrected chi connectivity index (χ2v) is 10.6. The van der Waals surface area contributed by atoms with Gasteiger partial charge in [-0.05, 0) is 25.5 Å². The summed E-state index contributed by atoms with van der Waals surface area (Å²) >= 11 is 3.56. The zero-order chi connectivity index (χ0) is 10.2. The minimum atomic E-state index is -1.15. The third-order valence-electron chi connectivity index (χ3n) is 2.31. The predicted octanol–water partition coefficient (Wildman–Crippen LogP) is 3.61. The van der Waals surface area contributed by atoms with Crippen molar-refractivity contribution in [3.63, 3.8) is 0 Å². The summed E-state index contributed by atoms with van der Waals surface area (Å²) in [7, 11) is -1.15. The van der Waals surface area contributed by atoms with E-state index in [1.807, 2.05) is 0 Å². The molecule has 0 heterocycles. The Balaban J connectivity index is 3.32. The van der Waals surface area contributed by atoms with E-state index in [-0.39, 0.29) is 0 Å². The van der Waals surface area contributed by atoms with Gasteiger partial charge in [0.15, 0.2) is 0 Å². The lowest BCUT2D eigenvalue weighted by atomic mass is 10.2. The molecule has 0 saturated carbocycles. The molecule has 0 saturated heterocycles. The highest BCUT2D eigenvalue weighted by atomic mass is 79.9. The first-order chi connectivity index (χ1) is 5.82. The fourth-order valence-corrected chi connectivity index (χ4v) is 3.95. The van der Waals surface area contributed by atoms with Crippen LogP contribution in [0.15, 0.2) is 16.6 Å². The third-order valence-corrected chi connectivity index (χ3v) is 5.32. The molecule has 1 aromatic rings. The Morgan fingerprint density at radius 3 is 2.00 bits per heavy atom. The Bertz CT molecular complexity index is 324. The molecule has 0 aliphatic rings. The minimum absolute atomic E-state index is 1.15. The van der Waals surface area contributed by atoms with Gasteiger partial charge in [-0.25, -0.2) is 0 Å². The van der Waals surface area contributed by atoms with E-state index in [2.05, 4.69) is 61.6 Å². The number of hydrogen-bond donors (Lipinski definition) is 0.